The van der Waals surface area contributed by atoms with Crippen LogP contribution in [0.3, 0.4) is 0 Å². The van der Waals surface area contributed by atoms with Gasteiger partial charge in [0.2, 0.25) is 5.95 Å². The zero-order valence-electron chi connectivity index (χ0n) is 19.4. The molecule has 0 aliphatic heterocycles. The lowest BCUT2D eigenvalue weighted by Gasteiger charge is -2.11. The molecule has 36 heavy (non-hydrogen) atoms. The van der Waals surface area contributed by atoms with E-state index in [0.717, 1.165) is 30.7 Å². The second kappa shape index (κ2) is 7.94. The fourth-order valence-corrected chi connectivity index (χ4v) is 4.52. The number of furan rings is 1. The number of hydrogen-bond donors (Lipinski definition) is 1. The number of benzene rings is 1. The molecule has 1 aromatic carbocycles. The first-order valence-corrected chi connectivity index (χ1v) is 11.4. The predicted octanol–water partition coefficient (Wildman–Crippen LogP) is 5.42. The van der Waals surface area contributed by atoms with E-state index in [9.17, 15) is 18.0 Å². The Hall–Kier alpha value is -4.15. The van der Waals surface area contributed by atoms with Gasteiger partial charge < -0.3 is 8.98 Å². The molecule has 4 aromatic heterocycles. The number of amides is 1. The van der Waals surface area contributed by atoms with E-state index in [4.69, 9.17) is 9.40 Å². The first-order valence-electron chi connectivity index (χ1n) is 11.4. The maximum absolute atomic E-state index is 13.6. The minimum absolute atomic E-state index is 0.114. The molecule has 4 heterocycles. The molecule has 6 rings (SSSR count). The molecular weight excluding hydrogens is 473 g/mol. The van der Waals surface area contributed by atoms with Crippen molar-refractivity contribution in [2.24, 2.45) is 7.05 Å². The number of aromatic nitrogens is 5. The minimum atomic E-state index is -4.51. The van der Waals surface area contributed by atoms with E-state index in [-0.39, 0.29) is 18.0 Å². The number of anilines is 1. The van der Waals surface area contributed by atoms with Gasteiger partial charge in [-0.05, 0) is 56.2 Å². The number of carbonyl (C=O) groups excluding carboxylic acids is 1. The lowest BCUT2D eigenvalue weighted by atomic mass is 10.1. The van der Waals surface area contributed by atoms with Crippen molar-refractivity contribution in [3.05, 3.63) is 70.9 Å². The molecule has 0 radical (unpaired) electrons. The van der Waals surface area contributed by atoms with Crippen LogP contribution in [0.4, 0.5) is 19.1 Å². The van der Waals surface area contributed by atoms with E-state index in [0.29, 0.717) is 39.5 Å². The second-order valence-corrected chi connectivity index (χ2v) is 9.03. The molecule has 0 atom stereocenters. The smallest absolute Gasteiger partial charge is 0.416 e. The molecule has 1 N–H and O–H groups in total. The second-order valence-electron chi connectivity index (χ2n) is 9.03. The van der Waals surface area contributed by atoms with Gasteiger partial charge in [-0.1, -0.05) is 0 Å². The average molecular weight is 494 g/mol. The largest absolute Gasteiger partial charge is 0.467 e. The minimum Gasteiger partial charge on any atom is -0.467 e. The topological polar surface area (TPSA) is 90.8 Å². The number of halogens is 3. The molecule has 1 amide bonds. The fourth-order valence-electron chi connectivity index (χ4n) is 4.52. The number of nitrogens with one attached hydrogen (secondary N) is 1. The molecular formula is C25H21F3N6O2. The quantitative estimate of drug-likeness (QED) is 0.353. The van der Waals surface area contributed by atoms with Crippen molar-refractivity contribution in [1.29, 1.82) is 0 Å². The van der Waals surface area contributed by atoms with Crippen molar-refractivity contribution < 1.29 is 22.4 Å². The highest BCUT2D eigenvalue weighted by molar-refractivity contribution is 6.12. The lowest BCUT2D eigenvalue weighted by molar-refractivity contribution is -0.137. The molecule has 11 heteroatoms. The summed E-state index contributed by atoms with van der Waals surface area (Å²) in [6.45, 7) is 1.98. The van der Waals surface area contributed by atoms with Gasteiger partial charge in [0.15, 0.2) is 5.65 Å². The van der Waals surface area contributed by atoms with Crippen molar-refractivity contribution in [2.45, 2.75) is 38.4 Å². The number of pyridine rings is 1. The molecule has 0 bridgehead atoms. The van der Waals surface area contributed by atoms with Crippen LogP contribution in [0.25, 0.3) is 22.1 Å². The van der Waals surface area contributed by atoms with Gasteiger partial charge in [-0.3, -0.25) is 14.8 Å². The molecule has 1 aliphatic rings. The van der Waals surface area contributed by atoms with E-state index in [1.54, 1.807) is 34.5 Å². The summed E-state index contributed by atoms with van der Waals surface area (Å²) < 4.78 is 48.7. The van der Waals surface area contributed by atoms with Gasteiger partial charge >= 0.3 is 6.18 Å². The summed E-state index contributed by atoms with van der Waals surface area (Å²) in [4.78, 5) is 22.7. The number of fused-ring (bicyclic) bond motifs is 2. The Bertz CT molecular complexity index is 1630. The van der Waals surface area contributed by atoms with Crippen molar-refractivity contribution in [3.8, 4) is 0 Å². The van der Waals surface area contributed by atoms with Crippen LogP contribution in [0, 0.1) is 6.92 Å². The third kappa shape index (κ3) is 3.80. The molecule has 1 saturated carbocycles. The summed E-state index contributed by atoms with van der Waals surface area (Å²) in [6.07, 6.45) is -0.984. The van der Waals surface area contributed by atoms with Crippen LogP contribution in [0.1, 0.15) is 51.8 Å². The van der Waals surface area contributed by atoms with Crippen LogP contribution >= 0.6 is 0 Å². The Labute approximate surface area is 202 Å². The monoisotopic (exact) mass is 494 g/mol. The molecule has 5 aromatic rings. The van der Waals surface area contributed by atoms with Gasteiger partial charge in [0, 0.05) is 18.7 Å². The standard InChI is InChI=1S/C25H21F3N6O2/c1-13-21-17(11-18(14-5-6-14)29-22(21)33(2)32-13)23(35)31-24-30-19-10-15(25(26,27)28)7-8-20(19)34(24)12-16-4-3-9-36-16/h3-4,7-11,14H,5-6,12H2,1-2H3,(H,30,31,35). The van der Waals surface area contributed by atoms with Crippen molar-refractivity contribution in [1.82, 2.24) is 24.3 Å². The summed E-state index contributed by atoms with van der Waals surface area (Å²) in [7, 11) is 1.78. The fraction of sp³-hybridized carbons (Fsp3) is 0.280. The summed E-state index contributed by atoms with van der Waals surface area (Å²) >= 11 is 0. The number of aryl methyl sites for hydroxylation is 2. The van der Waals surface area contributed by atoms with Crippen LogP contribution in [0.15, 0.2) is 47.1 Å². The Kier molecular flexibility index (Phi) is 4.92. The SMILES string of the molecule is Cc1nn(C)c2nc(C3CC3)cc(C(=O)Nc3nc4cc(C(F)(F)F)ccc4n3Cc3ccco3)c12. The molecule has 1 fully saturated rings. The zero-order valence-corrected chi connectivity index (χ0v) is 19.4. The van der Waals surface area contributed by atoms with Gasteiger partial charge in [0.1, 0.15) is 5.76 Å². The van der Waals surface area contributed by atoms with Crippen LogP contribution in [-0.4, -0.2) is 30.2 Å². The van der Waals surface area contributed by atoms with E-state index in [2.05, 4.69) is 15.4 Å². The Morgan fingerprint density at radius 2 is 2.00 bits per heavy atom. The number of hydrogen-bond acceptors (Lipinski definition) is 5. The van der Waals surface area contributed by atoms with Crippen molar-refractivity contribution in [3.63, 3.8) is 0 Å². The van der Waals surface area contributed by atoms with Crippen LogP contribution < -0.4 is 5.32 Å². The first-order chi connectivity index (χ1) is 17.2. The van der Waals surface area contributed by atoms with Crippen molar-refractivity contribution >= 4 is 33.9 Å². The van der Waals surface area contributed by atoms with Gasteiger partial charge in [0.25, 0.3) is 5.91 Å². The Morgan fingerprint density at radius 1 is 1.19 bits per heavy atom. The molecule has 0 unspecified atom stereocenters. The van der Waals surface area contributed by atoms with Crippen LogP contribution in [-0.2, 0) is 19.8 Å². The maximum Gasteiger partial charge on any atom is 0.416 e. The van der Waals surface area contributed by atoms with E-state index >= 15 is 0 Å². The van der Waals surface area contributed by atoms with E-state index in [1.165, 1.54) is 12.3 Å². The Morgan fingerprint density at radius 3 is 2.69 bits per heavy atom. The highest BCUT2D eigenvalue weighted by atomic mass is 19.4. The third-order valence-corrected chi connectivity index (χ3v) is 6.42. The molecule has 0 spiro atoms. The zero-order chi connectivity index (χ0) is 25.2. The van der Waals surface area contributed by atoms with E-state index < -0.39 is 17.6 Å². The van der Waals surface area contributed by atoms with Crippen LogP contribution in [0.2, 0.25) is 0 Å². The number of rotatable bonds is 5. The lowest BCUT2D eigenvalue weighted by Crippen LogP contribution is -2.17. The number of imidazole rings is 1. The third-order valence-electron chi connectivity index (χ3n) is 6.42. The van der Waals surface area contributed by atoms with Gasteiger partial charge in [-0.2, -0.15) is 18.3 Å². The number of carbonyl (C=O) groups is 1. The Balaban J connectivity index is 1.46. The average Bonchev–Trinajstić information content (AvgIpc) is 3.35. The summed E-state index contributed by atoms with van der Waals surface area (Å²) in [6, 6.07) is 8.57. The van der Waals surface area contributed by atoms with Crippen molar-refractivity contribution in [2.75, 3.05) is 5.32 Å². The number of alkyl halides is 3. The predicted molar refractivity (Wildman–Crippen MR) is 126 cm³/mol. The number of nitrogens with zero attached hydrogens (tertiary/aromatic N) is 5. The summed E-state index contributed by atoms with van der Waals surface area (Å²) in [5.41, 5.74) is 2.24. The van der Waals surface area contributed by atoms with Gasteiger partial charge in [0.05, 0.1) is 46.0 Å². The molecule has 1 aliphatic carbocycles. The molecule has 8 nitrogen and oxygen atoms in total. The first kappa shape index (κ1) is 22.3. The highest BCUT2D eigenvalue weighted by Gasteiger charge is 2.32. The molecule has 184 valence electrons. The maximum atomic E-state index is 13.6. The summed E-state index contributed by atoms with van der Waals surface area (Å²) in [5, 5.41) is 7.89. The van der Waals surface area contributed by atoms with Gasteiger partial charge in [-0.25, -0.2) is 9.97 Å². The highest BCUT2D eigenvalue weighted by Crippen LogP contribution is 2.40. The normalized spacial score (nSPS) is 14.1. The van der Waals surface area contributed by atoms with Gasteiger partial charge in [-0.15, -0.1) is 0 Å². The van der Waals surface area contributed by atoms with Crippen LogP contribution in [0.5, 0.6) is 0 Å². The summed E-state index contributed by atoms with van der Waals surface area (Å²) in [5.74, 6) is 0.549. The van der Waals surface area contributed by atoms with E-state index in [1.807, 2.05) is 6.92 Å². The molecule has 0 saturated heterocycles.